The van der Waals surface area contributed by atoms with E-state index in [4.69, 9.17) is 21.0 Å². The van der Waals surface area contributed by atoms with Crippen LogP contribution in [0.15, 0.2) is 20.5 Å². The predicted octanol–water partition coefficient (Wildman–Crippen LogP) is 8.87. The Morgan fingerprint density at radius 2 is 1.08 bits per heavy atom. The fourth-order valence-corrected chi connectivity index (χ4v) is 3.13. The molecule has 0 aromatic carbocycles. The van der Waals surface area contributed by atoms with Crippen LogP contribution >= 0.6 is 0 Å². The predicted molar refractivity (Wildman–Crippen MR) is 148 cm³/mol. The van der Waals surface area contributed by atoms with Crippen LogP contribution in [-0.4, -0.2) is 24.2 Å². The second-order valence-corrected chi connectivity index (χ2v) is 10.3. The summed E-state index contributed by atoms with van der Waals surface area (Å²) in [4.78, 5) is 0. The van der Waals surface area contributed by atoms with Crippen LogP contribution in [0.5, 0.6) is 0 Å². The smallest absolute Gasteiger partial charge is 0.164 e. The summed E-state index contributed by atoms with van der Waals surface area (Å²) < 4.78 is 0. The fourth-order valence-electron chi connectivity index (χ4n) is 3.13. The molecule has 0 radical (unpaired) electrons. The molecule has 37 heavy (non-hydrogen) atoms. The molecule has 0 aliphatic rings. The van der Waals surface area contributed by atoms with E-state index in [1.807, 2.05) is 20.8 Å². The number of nitriles is 4. The highest BCUT2D eigenvalue weighted by Crippen LogP contribution is 2.23. The van der Waals surface area contributed by atoms with Crippen molar-refractivity contribution in [2.75, 3.05) is 13.1 Å². The van der Waals surface area contributed by atoms with Gasteiger partial charge in [-0.15, -0.1) is 0 Å². The normalized spacial score (nSPS) is 15.7. The third kappa shape index (κ3) is 22.1. The lowest BCUT2D eigenvalue weighted by Gasteiger charge is -2.18. The third-order valence-corrected chi connectivity index (χ3v) is 6.26. The third-order valence-electron chi connectivity index (χ3n) is 6.26. The number of nitrogens with zero attached hydrogens (tertiary/aromatic N) is 8. The van der Waals surface area contributed by atoms with Gasteiger partial charge in [0.15, 0.2) is 11.1 Å². The van der Waals surface area contributed by atoms with E-state index in [0.717, 1.165) is 83.7 Å². The van der Waals surface area contributed by atoms with Gasteiger partial charge in [0.05, 0.1) is 37.4 Å². The Morgan fingerprint density at radius 1 is 0.622 bits per heavy atom. The van der Waals surface area contributed by atoms with Crippen molar-refractivity contribution >= 4 is 0 Å². The van der Waals surface area contributed by atoms with E-state index in [1.165, 1.54) is 0 Å². The molecule has 8 heteroatoms. The van der Waals surface area contributed by atoms with Gasteiger partial charge in [0, 0.05) is 11.8 Å². The first-order chi connectivity index (χ1) is 17.7. The minimum Gasteiger partial charge on any atom is -0.198 e. The van der Waals surface area contributed by atoms with Gasteiger partial charge in [-0.1, -0.05) is 52.4 Å². The van der Waals surface area contributed by atoms with Crippen molar-refractivity contribution in [1.29, 1.82) is 21.0 Å². The fraction of sp³-hybridized carbons (Fsp3) is 0.862. The average molecular weight is 511 g/mol. The van der Waals surface area contributed by atoms with Crippen molar-refractivity contribution in [3.05, 3.63) is 0 Å². The summed E-state index contributed by atoms with van der Waals surface area (Å²) in [6.07, 6.45) is 13.1. The monoisotopic (exact) mass is 510 g/mol. The van der Waals surface area contributed by atoms with Crippen LogP contribution in [0.1, 0.15) is 125 Å². The molecule has 0 rings (SSSR count). The Kier molecular flexibility index (Phi) is 23.1. The number of rotatable bonds is 19. The summed E-state index contributed by atoms with van der Waals surface area (Å²) >= 11 is 0. The molecule has 0 bridgehead atoms. The maximum absolute atomic E-state index is 9.14. The minimum atomic E-state index is -0.803. The van der Waals surface area contributed by atoms with Crippen molar-refractivity contribution in [2.45, 2.75) is 136 Å². The Hall–Kier alpha value is -2.84. The van der Waals surface area contributed by atoms with Crippen LogP contribution in [0, 0.1) is 57.2 Å². The van der Waals surface area contributed by atoms with Crippen molar-refractivity contribution < 1.29 is 0 Å². The Bertz CT molecular complexity index is 763. The molecule has 0 N–H and O–H groups in total. The molecule has 4 unspecified atom stereocenters. The van der Waals surface area contributed by atoms with Gasteiger partial charge >= 0.3 is 0 Å². The molecule has 0 fully saturated rings. The summed E-state index contributed by atoms with van der Waals surface area (Å²) in [7, 11) is 0. The van der Waals surface area contributed by atoms with Gasteiger partial charge in [0.2, 0.25) is 0 Å². The summed E-state index contributed by atoms with van der Waals surface area (Å²) in [5, 5.41) is 51.9. The highest BCUT2D eigenvalue weighted by molar-refractivity contribution is 5.06. The second-order valence-electron chi connectivity index (χ2n) is 10.3. The molecule has 206 valence electrons. The first-order valence-electron chi connectivity index (χ1n) is 14.0. The van der Waals surface area contributed by atoms with Crippen LogP contribution in [0.4, 0.5) is 0 Å². The summed E-state index contributed by atoms with van der Waals surface area (Å²) in [5.74, 6) is 0.362. The lowest BCUT2D eigenvalue weighted by Crippen LogP contribution is -2.23. The molecule has 0 aliphatic carbocycles. The van der Waals surface area contributed by atoms with E-state index in [9.17, 15) is 0 Å². The number of hydrogen-bond acceptors (Lipinski definition) is 8. The lowest BCUT2D eigenvalue weighted by atomic mass is 9.97. The highest BCUT2D eigenvalue weighted by Gasteiger charge is 2.26. The first kappa shape index (κ1) is 36.3. The summed E-state index contributed by atoms with van der Waals surface area (Å²) in [5.41, 5.74) is -1.59. The van der Waals surface area contributed by atoms with Crippen LogP contribution in [-0.2, 0) is 0 Å². The van der Waals surface area contributed by atoms with Crippen LogP contribution in [0.25, 0.3) is 0 Å². The van der Waals surface area contributed by atoms with Gasteiger partial charge < -0.3 is 0 Å². The average Bonchev–Trinajstić information content (AvgIpc) is 2.92. The number of azo groups is 2. The quantitative estimate of drug-likeness (QED) is 0.126. The molecule has 8 nitrogen and oxygen atoms in total. The van der Waals surface area contributed by atoms with Gasteiger partial charge in [-0.2, -0.15) is 41.5 Å². The zero-order chi connectivity index (χ0) is 28.4. The van der Waals surface area contributed by atoms with E-state index in [1.54, 1.807) is 13.8 Å². The van der Waals surface area contributed by atoms with Crippen LogP contribution in [0.3, 0.4) is 0 Å². The van der Waals surface area contributed by atoms with Gasteiger partial charge in [0.1, 0.15) is 0 Å². The first-order valence-corrected chi connectivity index (χ1v) is 14.0. The molecule has 0 aromatic heterocycles. The van der Waals surface area contributed by atoms with Crippen molar-refractivity contribution in [3.63, 3.8) is 0 Å². The molecule has 0 aromatic rings. The van der Waals surface area contributed by atoms with E-state index >= 15 is 0 Å². The zero-order valence-electron chi connectivity index (χ0n) is 24.3. The molecule has 0 heterocycles. The molecule has 0 saturated heterocycles. The minimum absolute atomic E-state index is 0.181. The molecular formula is C29H50N8. The molecule has 0 amide bonds. The van der Waals surface area contributed by atoms with Crippen molar-refractivity contribution in [3.8, 4) is 24.3 Å². The van der Waals surface area contributed by atoms with Gasteiger partial charge in [0.25, 0.3) is 0 Å². The largest absolute Gasteiger partial charge is 0.198 e. The van der Waals surface area contributed by atoms with Gasteiger partial charge in [-0.25, -0.2) is 0 Å². The highest BCUT2D eigenvalue weighted by atomic mass is 15.2. The van der Waals surface area contributed by atoms with Crippen molar-refractivity contribution in [1.82, 2.24) is 0 Å². The Morgan fingerprint density at radius 3 is 1.46 bits per heavy atom. The molecule has 4 atom stereocenters. The zero-order valence-corrected chi connectivity index (χ0v) is 24.3. The lowest BCUT2D eigenvalue weighted by molar-refractivity contribution is 0.445. The van der Waals surface area contributed by atoms with E-state index < -0.39 is 11.1 Å². The molecule has 0 spiro atoms. The maximum atomic E-state index is 9.14. The van der Waals surface area contributed by atoms with E-state index in [2.05, 4.69) is 51.7 Å². The van der Waals surface area contributed by atoms with Crippen LogP contribution in [0.2, 0.25) is 0 Å². The molecule has 0 saturated carbocycles. The summed E-state index contributed by atoms with van der Waals surface area (Å²) in [6.45, 7) is 13.1. The maximum Gasteiger partial charge on any atom is 0.164 e. The number of unbranched alkanes of at least 4 members (excludes halogenated alkanes) is 6. The molecule has 0 aliphatic heterocycles. The van der Waals surface area contributed by atoms with Crippen LogP contribution < -0.4 is 0 Å². The topological polar surface area (TPSA) is 145 Å². The Balaban J connectivity index is 0. The van der Waals surface area contributed by atoms with E-state index in [-0.39, 0.29) is 11.8 Å². The second kappa shape index (κ2) is 23.6. The SMILES string of the molecule is CC(C#N)CCCCCN=NCCCCCC(C)C#N.CCCCCC(C)(C#N)N=NC(C)(C#N)CC. The summed E-state index contributed by atoms with van der Waals surface area (Å²) in [6, 6.07) is 8.81. The Labute approximate surface area is 226 Å². The van der Waals surface area contributed by atoms with E-state index in [0.29, 0.717) is 12.8 Å². The van der Waals surface area contributed by atoms with Gasteiger partial charge in [-0.05, 0) is 72.6 Å². The van der Waals surface area contributed by atoms with Crippen molar-refractivity contribution in [2.24, 2.45) is 32.3 Å². The standard InChI is InChI=1S/C16H28N4.C13H22N4/c1-15(13-17)9-5-3-7-11-19-20-12-8-4-6-10-16(2)14-18;1-5-7-8-9-13(4,11-15)17-16-12(3,6-2)10-14/h15-16H,3-12H2,1-2H3;5-9H2,1-4H3. The van der Waals surface area contributed by atoms with Gasteiger partial charge in [-0.3, -0.25) is 0 Å². The number of hydrogen-bond donors (Lipinski definition) is 0. The molecular weight excluding hydrogens is 460 g/mol.